The second-order valence-corrected chi connectivity index (χ2v) is 22.2. The van der Waals surface area contributed by atoms with Gasteiger partial charge in [-0.15, -0.1) is 59.2 Å². The van der Waals surface area contributed by atoms with Crippen LogP contribution in [-0.2, 0) is 98.6 Å². The molecule has 0 radical (unpaired) electrons. The number of phosphoric acid groups is 1. The van der Waals surface area contributed by atoms with Gasteiger partial charge in [0.05, 0.1) is 117 Å². The van der Waals surface area contributed by atoms with Crippen molar-refractivity contribution in [2.45, 2.75) is 100.0 Å². The molecule has 6 fully saturated rings. The van der Waals surface area contributed by atoms with E-state index in [0.717, 1.165) is 18.4 Å². The first kappa shape index (κ1) is 94.1. The van der Waals surface area contributed by atoms with Gasteiger partial charge in [0.2, 0.25) is 0 Å². The number of para-hydroxylation sites is 1. The van der Waals surface area contributed by atoms with Gasteiger partial charge < -0.3 is 72.3 Å². The van der Waals surface area contributed by atoms with E-state index in [1.165, 1.54) is 19.3 Å². The van der Waals surface area contributed by atoms with Crippen LogP contribution in [-0.4, -0.2) is 224 Å². The van der Waals surface area contributed by atoms with Crippen LogP contribution in [0.4, 0.5) is 26.3 Å². The number of benzene rings is 1. The predicted molar refractivity (Wildman–Crippen MR) is 338 cm³/mol. The minimum absolute atomic E-state index is 0.0139. The van der Waals surface area contributed by atoms with E-state index in [-0.39, 0.29) is 82.4 Å². The van der Waals surface area contributed by atoms with Gasteiger partial charge in [0.1, 0.15) is 42.4 Å². The maximum absolute atomic E-state index is 12.2. The van der Waals surface area contributed by atoms with Crippen molar-refractivity contribution in [1.29, 1.82) is 0 Å². The Kier molecular flexibility index (Phi) is 54.9. The van der Waals surface area contributed by atoms with E-state index < -0.39 is 81.2 Å². The number of phosphoric ester groups is 1. The first-order chi connectivity index (χ1) is 44.5. The molecule has 0 bridgehead atoms. The Bertz CT molecular complexity index is 2390. The van der Waals surface area contributed by atoms with Crippen LogP contribution >= 0.6 is 16.4 Å². The standard InChI is InChI=1S/C10H12O2.C7H6F6O2.C6H11O4P.C6H11O3P.C6H10O2.C6H12O2.C5H10O2.C4H6O4S.C4H6O3S.C4H8O2/c1-2-9(8-11)12-10-6-4-3-5-7-10;1-2-4-3-14-5(15-4,6(8,9)10)7(11,12)13;1-3-6-5-9-11(7,10-6)8-4-2;1-3-6-5-8-10(9-6)7-4-2;1-2-6-5-7-3-4-8-6;1-3-6(5-7)8-4-2;1-3-5(4-6)7-2;1-2-4-3-7-9(5,6)8-4;1-2-4-3-6-8(5)7-4;1-2-4(6)3-5/h2-7,9,11H,1,8H2;2,4H,1,3H2;3,6H,1,4-5H2,2H3;3,6H,1,4-5H2,2H3;2,6H,1,3-5H2;3,6-7H,1,4-5H2,2H3;3,5-6H,1,4H2,2H3;2,4H,1,3H2;2,4H,1,3H2;2,4-6H,1,3H2. The summed E-state index contributed by atoms with van der Waals surface area (Å²) < 4.78 is 196. The molecular formula is C58H92F6O26P2S2. The number of hydrogen-bond donors (Lipinski definition) is 5. The lowest BCUT2D eigenvalue weighted by Crippen LogP contribution is -2.58. The van der Waals surface area contributed by atoms with Gasteiger partial charge >= 0.3 is 56.3 Å². The number of aliphatic hydroxyl groups excluding tert-OH is 5. The fourth-order valence-corrected chi connectivity index (χ4v) is 9.22. The van der Waals surface area contributed by atoms with Crippen LogP contribution in [0.25, 0.3) is 0 Å². The predicted octanol–water partition coefficient (Wildman–Crippen LogP) is 8.47. The van der Waals surface area contributed by atoms with Crippen molar-refractivity contribution in [1.82, 2.24) is 0 Å². The zero-order valence-electron chi connectivity index (χ0n) is 52.9. The molecule has 0 amide bonds. The van der Waals surface area contributed by atoms with Crippen molar-refractivity contribution in [3.05, 3.63) is 157 Å². The summed E-state index contributed by atoms with van der Waals surface area (Å²) in [6.07, 6.45) is -0.263. The number of ether oxygens (including phenoxy) is 7. The summed E-state index contributed by atoms with van der Waals surface area (Å²) in [5.74, 6) is -3.78. The number of halogens is 6. The van der Waals surface area contributed by atoms with Gasteiger partial charge in [-0.25, -0.2) is 12.9 Å². The summed E-state index contributed by atoms with van der Waals surface area (Å²) >= 11 is -1.52. The van der Waals surface area contributed by atoms with E-state index in [1.807, 2.05) is 44.2 Å². The monoisotopic (exact) mass is 1440 g/mol. The lowest BCUT2D eigenvalue weighted by atomic mass is 10.2. The Labute approximate surface area is 551 Å². The first-order valence-corrected chi connectivity index (χ1v) is 32.8. The summed E-state index contributed by atoms with van der Waals surface area (Å²) in [6, 6.07) is 9.35. The topological polar surface area (TPSA) is 326 Å². The maximum Gasteiger partial charge on any atom is 0.475 e. The molecule has 7 rings (SSSR count). The molecular weight excluding hydrogens is 1350 g/mol. The summed E-state index contributed by atoms with van der Waals surface area (Å²) in [5, 5.41) is 41.9. The Morgan fingerprint density at radius 2 is 1.24 bits per heavy atom. The van der Waals surface area contributed by atoms with E-state index in [2.05, 4.69) is 96.7 Å². The van der Waals surface area contributed by atoms with Gasteiger partial charge in [0, 0.05) is 13.7 Å². The van der Waals surface area contributed by atoms with Crippen LogP contribution in [0.5, 0.6) is 5.75 Å². The molecule has 13 unspecified atom stereocenters. The Morgan fingerprint density at radius 3 is 1.53 bits per heavy atom. The number of rotatable bonds is 23. The Balaban J connectivity index is -0.000000989. The normalized spacial score (nSPS) is 25.4. The van der Waals surface area contributed by atoms with E-state index in [9.17, 15) is 43.5 Å². The van der Waals surface area contributed by atoms with Crippen molar-refractivity contribution in [3.8, 4) is 5.75 Å². The Hall–Kier alpha value is -4.08. The molecule has 0 saturated carbocycles. The second kappa shape index (κ2) is 54.9. The SMILES string of the molecule is C=CC(CO)OC.C=CC(CO)OCC.C=CC(CO)Oc1ccccc1.C=CC(O)CO.C=CC1COC(C(F)(F)F)(C(F)(F)F)O1.C=CC1COCCO1.C=CC1COP(=O)(OCC)O1.C=CC1COP(OCC)O1.C=CC1COS(=O)(=O)O1.C=CC1COS(=O)O1. The minimum Gasteiger partial charge on any atom is -0.484 e. The fourth-order valence-electron chi connectivity index (χ4n) is 5.43. The highest BCUT2D eigenvalue weighted by atomic mass is 32.3. The third kappa shape index (κ3) is 42.6. The van der Waals surface area contributed by atoms with Gasteiger partial charge in [-0.05, 0) is 39.0 Å². The summed E-state index contributed by atoms with van der Waals surface area (Å²) in [5.41, 5.74) is 0. The molecule has 5 N–H and O–H groups in total. The highest BCUT2D eigenvalue weighted by Gasteiger charge is 2.77. The second-order valence-electron chi connectivity index (χ2n) is 17.3. The lowest BCUT2D eigenvalue weighted by Gasteiger charge is -2.31. The highest BCUT2D eigenvalue weighted by Crippen LogP contribution is 2.55. The quantitative estimate of drug-likeness (QED) is 0.0389. The third-order valence-electron chi connectivity index (χ3n) is 10.3. The molecule has 6 aliphatic heterocycles. The minimum atomic E-state index is -5.68. The van der Waals surface area contributed by atoms with Gasteiger partial charge in [-0.3, -0.25) is 21.9 Å². The summed E-state index contributed by atoms with van der Waals surface area (Å²) in [6.45, 7) is 43.5. The number of alkyl halides is 6. The average Bonchev–Trinajstić information content (AvgIpc) is 1.49. The van der Waals surface area contributed by atoms with Crippen molar-refractivity contribution in [2.75, 3.05) is 106 Å². The number of hydrogen-bond acceptors (Lipinski definition) is 26. The van der Waals surface area contributed by atoms with Gasteiger partial charge in [0.25, 0.3) is 0 Å². The summed E-state index contributed by atoms with van der Waals surface area (Å²) in [7, 11) is -6.42. The average molecular weight is 1450 g/mol. The van der Waals surface area contributed by atoms with E-state index in [1.54, 1.807) is 49.5 Å². The van der Waals surface area contributed by atoms with Crippen molar-refractivity contribution in [3.63, 3.8) is 0 Å². The van der Waals surface area contributed by atoms with Crippen molar-refractivity contribution >= 4 is 38.2 Å². The Morgan fingerprint density at radius 1 is 0.681 bits per heavy atom. The zero-order valence-corrected chi connectivity index (χ0v) is 56.3. The third-order valence-corrected chi connectivity index (χ3v) is 14.8. The number of aliphatic hydroxyl groups is 5. The molecule has 13 atom stereocenters. The van der Waals surface area contributed by atoms with Crippen molar-refractivity contribution in [2.24, 2.45) is 0 Å². The molecule has 1 aromatic rings. The first-order valence-electron chi connectivity index (χ1n) is 27.9. The van der Waals surface area contributed by atoms with Gasteiger partial charge in [-0.1, -0.05) is 79.5 Å². The highest BCUT2D eigenvalue weighted by molar-refractivity contribution is 7.82. The van der Waals surface area contributed by atoms with E-state index in [0.29, 0.717) is 46.2 Å². The molecule has 36 heteroatoms. The largest absolute Gasteiger partial charge is 0.484 e. The molecule has 6 aliphatic rings. The van der Waals surface area contributed by atoms with Gasteiger partial charge in [-0.2, -0.15) is 39.0 Å². The van der Waals surface area contributed by atoms with Crippen LogP contribution in [0.2, 0.25) is 0 Å². The van der Waals surface area contributed by atoms with Crippen LogP contribution in [0, 0.1) is 0 Å². The molecule has 26 nitrogen and oxygen atoms in total. The lowest BCUT2D eigenvalue weighted by molar-refractivity contribution is -0.442. The zero-order chi connectivity index (χ0) is 72.2. The molecule has 544 valence electrons. The molecule has 94 heavy (non-hydrogen) atoms. The molecule has 6 saturated heterocycles. The fraction of sp³-hybridized carbons (Fsp3) is 0.552. The molecule has 1 aromatic carbocycles. The van der Waals surface area contributed by atoms with Crippen LogP contribution in [0.3, 0.4) is 0 Å². The van der Waals surface area contributed by atoms with Crippen LogP contribution < -0.4 is 4.74 Å². The molecule has 0 aromatic heterocycles. The molecule has 0 aliphatic carbocycles. The number of methoxy groups -OCH3 is 1. The van der Waals surface area contributed by atoms with Crippen molar-refractivity contribution < 1.29 is 146 Å². The van der Waals surface area contributed by atoms with E-state index in [4.69, 9.17) is 71.6 Å². The molecule has 0 spiro atoms. The smallest absolute Gasteiger partial charge is 0.475 e. The maximum atomic E-state index is 12.2. The molecule has 6 heterocycles. The van der Waals surface area contributed by atoms with Gasteiger partial charge in [0.15, 0.2) is 0 Å². The van der Waals surface area contributed by atoms with Crippen LogP contribution in [0.1, 0.15) is 20.8 Å². The van der Waals surface area contributed by atoms with Crippen LogP contribution in [0.15, 0.2) is 157 Å². The van der Waals surface area contributed by atoms with E-state index >= 15 is 0 Å². The summed E-state index contributed by atoms with van der Waals surface area (Å²) in [4.78, 5) is 0.